The summed E-state index contributed by atoms with van der Waals surface area (Å²) in [4.78, 5) is 24.1. The van der Waals surface area contributed by atoms with Gasteiger partial charge in [0.2, 0.25) is 0 Å². The highest BCUT2D eigenvalue weighted by Crippen LogP contribution is 2.23. The summed E-state index contributed by atoms with van der Waals surface area (Å²) < 4.78 is 10.4. The van der Waals surface area contributed by atoms with Crippen LogP contribution >= 0.6 is 0 Å². The SMILES string of the molecule is COc1ccc(C=NNC(=O)c2n[nH]c(=O)c3ccccc23)c(OC)c1. The predicted octanol–water partition coefficient (Wildman–Crippen LogP) is 1.70. The van der Waals surface area contributed by atoms with Gasteiger partial charge in [0, 0.05) is 17.0 Å². The molecule has 2 aromatic carbocycles. The number of H-pyrrole nitrogens is 1. The summed E-state index contributed by atoms with van der Waals surface area (Å²) in [5.41, 5.74) is 2.78. The minimum absolute atomic E-state index is 0.0824. The van der Waals surface area contributed by atoms with Gasteiger partial charge in [-0.2, -0.15) is 10.2 Å². The molecule has 0 saturated carbocycles. The average Bonchev–Trinajstić information content (AvgIpc) is 2.68. The van der Waals surface area contributed by atoms with Crippen LogP contribution in [0.3, 0.4) is 0 Å². The Labute approximate surface area is 148 Å². The minimum atomic E-state index is -0.541. The summed E-state index contributed by atoms with van der Waals surface area (Å²) in [6.07, 6.45) is 1.45. The molecular formula is C18H16N4O4. The molecule has 1 heterocycles. The minimum Gasteiger partial charge on any atom is -0.497 e. The van der Waals surface area contributed by atoms with Crippen molar-refractivity contribution in [2.24, 2.45) is 5.10 Å². The number of carbonyl (C=O) groups is 1. The number of aromatic nitrogens is 2. The fourth-order valence-corrected chi connectivity index (χ4v) is 2.43. The Hall–Kier alpha value is -3.68. The summed E-state index contributed by atoms with van der Waals surface area (Å²) in [7, 11) is 3.09. The molecule has 0 atom stereocenters. The van der Waals surface area contributed by atoms with Gasteiger partial charge in [0.15, 0.2) is 5.69 Å². The quantitative estimate of drug-likeness (QED) is 0.537. The first-order valence-corrected chi connectivity index (χ1v) is 7.67. The lowest BCUT2D eigenvalue weighted by Gasteiger charge is -2.07. The van der Waals surface area contributed by atoms with Gasteiger partial charge < -0.3 is 9.47 Å². The van der Waals surface area contributed by atoms with Crippen molar-refractivity contribution in [3.8, 4) is 11.5 Å². The molecule has 1 aromatic heterocycles. The molecule has 8 heteroatoms. The molecule has 0 bridgehead atoms. The summed E-state index contributed by atoms with van der Waals surface area (Å²) in [5, 5.41) is 10.9. The van der Waals surface area contributed by atoms with Gasteiger partial charge in [-0.25, -0.2) is 10.5 Å². The van der Waals surface area contributed by atoms with E-state index in [1.54, 1.807) is 49.6 Å². The monoisotopic (exact) mass is 352 g/mol. The number of nitrogens with zero attached hydrogens (tertiary/aromatic N) is 2. The van der Waals surface area contributed by atoms with Gasteiger partial charge in [0.1, 0.15) is 11.5 Å². The summed E-state index contributed by atoms with van der Waals surface area (Å²) in [6.45, 7) is 0. The van der Waals surface area contributed by atoms with E-state index in [1.165, 1.54) is 13.3 Å². The number of aromatic amines is 1. The number of rotatable bonds is 5. The number of nitrogens with one attached hydrogen (secondary N) is 2. The average molecular weight is 352 g/mol. The highest BCUT2D eigenvalue weighted by Gasteiger charge is 2.13. The number of ether oxygens (including phenoxy) is 2. The van der Waals surface area contributed by atoms with Crippen LogP contribution in [0.5, 0.6) is 11.5 Å². The van der Waals surface area contributed by atoms with E-state index in [4.69, 9.17) is 9.47 Å². The number of fused-ring (bicyclic) bond motifs is 1. The Balaban J connectivity index is 1.83. The largest absolute Gasteiger partial charge is 0.497 e. The zero-order valence-electron chi connectivity index (χ0n) is 14.1. The van der Waals surface area contributed by atoms with E-state index in [-0.39, 0.29) is 11.3 Å². The molecule has 0 spiro atoms. The van der Waals surface area contributed by atoms with Gasteiger partial charge in [-0.15, -0.1) is 0 Å². The van der Waals surface area contributed by atoms with Crippen molar-refractivity contribution in [1.29, 1.82) is 0 Å². The number of benzene rings is 2. The van der Waals surface area contributed by atoms with E-state index < -0.39 is 5.91 Å². The fraction of sp³-hybridized carbons (Fsp3) is 0.111. The highest BCUT2D eigenvalue weighted by atomic mass is 16.5. The van der Waals surface area contributed by atoms with E-state index in [2.05, 4.69) is 20.7 Å². The van der Waals surface area contributed by atoms with Crippen molar-refractivity contribution in [2.75, 3.05) is 14.2 Å². The zero-order chi connectivity index (χ0) is 18.5. The van der Waals surface area contributed by atoms with Crippen LogP contribution in [-0.2, 0) is 0 Å². The lowest BCUT2D eigenvalue weighted by Crippen LogP contribution is -2.22. The van der Waals surface area contributed by atoms with Crippen molar-refractivity contribution >= 4 is 22.9 Å². The summed E-state index contributed by atoms with van der Waals surface area (Å²) >= 11 is 0. The van der Waals surface area contributed by atoms with E-state index in [0.29, 0.717) is 27.8 Å². The lowest BCUT2D eigenvalue weighted by molar-refractivity contribution is 0.0951. The van der Waals surface area contributed by atoms with Gasteiger partial charge in [0.25, 0.3) is 11.5 Å². The van der Waals surface area contributed by atoms with Crippen molar-refractivity contribution in [2.45, 2.75) is 0 Å². The Morgan fingerprint density at radius 3 is 2.65 bits per heavy atom. The molecule has 8 nitrogen and oxygen atoms in total. The van der Waals surface area contributed by atoms with Gasteiger partial charge in [0.05, 0.1) is 25.8 Å². The third-order valence-electron chi connectivity index (χ3n) is 3.72. The van der Waals surface area contributed by atoms with Crippen LogP contribution in [0.1, 0.15) is 16.1 Å². The van der Waals surface area contributed by atoms with Crippen LogP contribution in [-0.4, -0.2) is 36.5 Å². The second-order valence-electron chi connectivity index (χ2n) is 5.25. The number of carbonyl (C=O) groups excluding carboxylic acids is 1. The Bertz CT molecular complexity index is 1040. The van der Waals surface area contributed by atoms with Crippen LogP contribution in [0.15, 0.2) is 52.4 Å². The first-order chi connectivity index (χ1) is 12.6. The molecule has 1 amide bonds. The summed E-state index contributed by atoms with van der Waals surface area (Å²) in [6, 6.07) is 11.9. The predicted molar refractivity (Wildman–Crippen MR) is 97.0 cm³/mol. The fourth-order valence-electron chi connectivity index (χ4n) is 2.43. The van der Waals surface area contributed by atoms with E-state index in [9.17, 15) is 9.59 Å². The Morgan fingerprint density at radius 1 is 1.15 bits per heavy atom. The number of hydrazone groups is 1. The second kappa shape index (κ2) is 7.47. The standard InChI is InChI=1S/C18H16N4O4/c1-25-12-8-7-11(15(9-12)26-2)10-19-21-18(24)16-13-5-3-4-6-14(13)17(23)22-20-16/h3-10H,1-2H3,(H,21,24)(H,22,23). The third-order valence-corrected chi connectivity index (χ3v) is 3.72. The zero-order valence-corrected chi connectivity index (χ0v) is 14.1. The van der Waals surface area contributed by atoms with E-state index in [0.717, 1.165) is 0 Å². The molecule has 0 radical (unpaired) electrons. The van der Waals surface area contributed by atoms with Gasteiger partial charge in [-0.05, 0) is 18.2 Å². The van der Waals surface area contributed by atoms with Crippen LogP contribution in [0.4, 0.5) is 0 Å². The Kier molecular flexibility index (Phi) is 4.93. The van der Waals surface area contributed by atoms with Crippen LogP contribution in [0.25, 0.3) is 10.8 Å². The van der Waals surface area contributed by atoms with Gasteiger partial charge >= 0.3 is 0 Å². The first-order valence-electron chi connectivity index (χ1n) is 7.67. The molecule has 0 fully saturated rings. The molecule has 3 rings (SSSR count). The van der Waals surface area contributed by atoms with Gasteiger partial charge in [-0.3, -0.25) is 9.59 Å². The normalized spacial score (nSPS) is 10.8. The molecule has 0 aliphatic heterocycles. The molecule has 132 valence electrons. The molecule has 0 aliphatic rings. The van der Waals surface area contributed by atoms with Crippen molar-refractivity contribution in [1.82, 2.24) is 15.6 Å². The molecule has 26 heavy (non-hydrogen) atoms. The number of hydrogen-bond acceptors (Lipinski definition) is 6. The number of hydrogen-bond donors (Lipinski definition) is 2. The number of methoxy groups -OCH3 is 2. The first kappa shape index (κ1) is 17.2. The number of amides is 1. The topological polar surface area (TPSA) is 106 Å². The van der Waals surface area contributed by atoms with E-state index in [1.807, 2.05) is 0 Å². The summed E-state index contributed by atoms with van der Waals surface area (Å²) in [5.74, 6) is 0.656. The second-order valence-corrected chi connectivity index (χ2v) is 5.25. The van der Waals surface area contributed by atoms with Gasteiger partial charge in [-0.1, -0.05) is 18.2 Å². The van der Waals surface area contributed by atoms with Crippen LogP contribution in [0.2, 0.25) is 0 Å². The molecule has 0 saturated heterocycles. The van der Waals surface area contributed by atoms with Crippen molar-refractivity contribution < 1.29 is 14.3 Å². The van der Waals surface area contributed by atoms with Crippen LogP contribution < -0.4 is 20.5 Å². The maximum Gasteiger partial charge on any atom is 0.292 e. The third kappa shape index (κ3) is 3.39. The molecule has 0 unspecified atom stereocenters. The van der Waals surface area contributed by atoms with Crippen LogP contribution in [0, 0.1) is 0 Å². The molecule has 2 N–H and O–H groups in total. The lowest BCUT2D eigenvalue weighted by atomic mass is 10.1. The van der Waals surface area contributed by atoms with Crippen molar-refractivity contribution in [3.63, 3.8) is 0 Å². The Morgan fingerprint density at radius 2 is 1.92 bits per heavy atom. The highest BCUT2D eigenvalue weighted by molar-refractivity contribution is 6.04. The maximum atomic E-state index is 12.4. The smallest absolute Gasteiger partial charge is 0.292 e. The van der Waals surface area contributed by atoms with Crippen molar-refractivity contribution in [3.05, 3.63) is 64.1 Å². The molecular weight excluding hydrogens is 336 g/mol. The molecule has 3 aromatic rings. The maximum absolute atomic E-state index is 12.4. The van der Waals surface area contributed by atoms with E-state index >= 15 is 0 Å². The molecule has 0 aliphatic carbocycles.